The second-order valence-electron chi connectivity index (χ2n) is 7.33. The number of rotatable bonds is 4. The highest BCUT2D eigenvalue weighted by Gasteiger charge is 2.28. The summed E-state index contributed by atoms with van der Waals surface area (Å²) in [6.45, 7) is 6.89. The Bertz CT molecular complexity index is 978. The van der Waals surface area contributed by atoms with Gasteiger partial charge in [-0.1, -0.05) is 25.4 Å². The minimum absolute atomic E-state index is 0.0210. The van der Waals surface area contributed by atoms with Crippen molar-refractivity contribution in [3.63, 3.8) is 0 Å². The van der Waals surface area contributed by atoms with Crippen LogP contribution in [-0.4, -0.2) is 56.7 Å². The molecule has 4 rings (SSSR count). The summed E-state index contributed by atoms with van der Waals surface area (Å²) in [5.41, 5.74) is 2.46. The van der Waals surface area contributed by atoms with Crippen LogP contribution in [0.15, 0.2) is 49.1 Å². The summed E-state index contributed by atoms with van der Waals surface area (Å²) in [6.07, 6.45) is 6.79. The molecule has 29 heavy (non-hydrogen) atoms. The van der Waals surface area contributed by atoms with Crippen molar-refractivity contribution in [2.45, 2.75) is 19.8 Å². The molecule has 1 aliphatic rings. The van der Waals surface area contributed by atoms with Crippen LogP contribution < -0.4 is 4.90 Å². The predicted molar refractivity (Wildman–Crippen MR) is 113 cm³/mol. The molecule has 8 heteroatoms. The quantitative estimate of drug-likeness (QED) is 0.659. The molecule has 1 fully saturated rings. The van der Waals surface area contributed by atoms with Crippen LogP contribution in [0.2, 0.25) is 5.02 Å². The van der Waals surface area contributed by atoms with E-state index < -0.39 is 0 Å². The van der Waals surface area contributed by atoms with E-state index in [0.717, 1.165) is 30.3 Å². The van der Waals surface area contributed by atoms with E-state index in [2.05, 4.69) is 33.8 Å². The minimum atomic E-state index is 0.0210. The minimum Gasteiger partial charge on any atom is -0.352 e. The van der Waals surface area contributed by atoms with Crippen LogP contribution in [-0.2, 0) is 0 Å². The fourth-order valence-electron chi connectivity index (χ4n) is 3.63. The zero-order chi connectivity index (χ0) is 20.4. The molecule has 1 saturated heterocycles. The highest BCUT2D eigenvalue weighted by Crippen LogP contribution is 2.25. The molecule has 0 saturated carbocycles. The van der Waals surface area contributed by atoms with Gasteiger partial charge in [-0.2, -0.15) is 5.10 Å². The van der Waals surface area contributed by atoms with Gasteiger partial charge in [0.2, 0.25) is 0 Å². The summed E-state index contributed by atoms with van der Waals surface area (Å²) in [4.78, 5) is 25.8. The zero-order valence-electron chi connectivity index (χ0n) is 16.5. The molecule has 150 valence electrons. The van der Waals surface area contributed by atoms with Crippen LogP contribution in [0.5, 0.6) is 0 Å². The van der Waals surface area contributed by atoms with E-state index in [4.69, 9.17) is 11.6 Å². The number of piperazine rings is 1. The zero-order valence-corrected chi connectivity index (χ0v) is 17.3. The van der Waals surface area contributed by atoms with Crippen LogP contribution in [0.3, 0.4) is 0 Å². The van der Waals surface area contributed by atoms with Crippen molar-refractivity contribution in [1.29, 1.82) is 0 Å². The predicted octanol–water partition coefficient (Wildman–Crippen LogP) is 3.40. The molecule has 1 amide bonds. The fraction of sp³-hybridized carbons (Fsp3) is 0.333. The number of anilines is 1. The van der Waals surface area contributed by atoms with Gasteiger partial charge in [-0.3, -0.25) is 9.78 Å². The Labute approximate surface area is 174 Å². The number of hydrogen-bond acceptors (Lipinski definition) is 5. The lowest BCUT2D eigenvalue weighted by Gasteiger charge is -2.35. The van der Waals surface area contributed by atoms with Gasteiger partial charge < -0.3 is 9.80 Å². The Balaban J connectivity index is 1.54. The molecule has 2 aromatic heterocycles. The SMILES string of the molecule is CC(C)c1c(C(=O)N2CCN(c3cnccn3)CC2)cnn1-c1ccc(Cl)cc1. The Morgan fingerprint density at radius 1 is 1.03 bits per heavy atom. The molecule has 1 aliphatic heterocycles. The molecule has 3 heterocycles. The lowest BCUT2D eigenvalue weighted by atomic mass is 10.0. The summed E-state index contributed by atoms with van der Waals surface area (Å²) < 4.78 is 1.84. The monoisotopic (exact) mass is 410 g/mol. The van der Waals surface area contributed by atoms with Gasteiger partial charge in [0.25, 0.3) is 5.91 Å². The van der Waals surface area contributed by atoms with Crippen molar-refractivity contribution in [3.8, 4) is 5.69 Å². The van der Waals surface area contributed by atoms with Crippen molar-refractivity contribution >= 4 is 23.3 Å². The van der Waals surface area contributed by atoms with Crippen molar-refractivity contribution in [2.75, 3.05) is 31.1 Å². The van der Waals surface area contributed by atoms with Crippen LogP contribution >= 0.6 is 11.6 Å². The van der Waals surface area contributed by atoms with Gasteiger partial charge >= 0.3 is 0 Å². The first-order valence-electron chi connectivity index (χ1n) is 9.68. The number of halogens is 1. The van der Waals surface area contributed by atoms with E-state index in [0.29, 0.717) is 23.7 Å². The number of hydrogen-bond donors (Lipinski definition) is 0. The van der Waals surface area contributed by atoms with Crippen LogP contribution in [0.4, 0.5) is 5.82 Å². The topological polar surface area (TPSA) is 67.2 Å². The van der Waals surface area contributed by atoms with Gasteiger partial charge in [-0.05, 0) is 30.2 Å². The number of nitrogens with zero attached hydrogens (tertiary/aromatic N) is 6. The lowest BCUT2D eigenvalue weighted by Crippen LogP contribution is -2.49. The van der Waals surface area contributed by atoms with Gasteiger partial charge in [-0.25, -0.2) is 9.67 Å². The summed E-state index contributed by atoms with van der Waals surface area (Å²) in [7, 11) is 0. The third kappa shape index (κ3) is 3.96. The number of aromatic nitrogens is 4. The van der Waals surface area contributed by atoms with Gasteiger partial charge in [-0.15, -0.1) is 0 Å². The first-order valence-corrected chi connectivity index (χ1v) is 10.1. The molecule has 0 aliphatic carbocycles. The molecule has 0 spiro atoms. The molecular weight excluding hydrogens is 388 g/mol. The molecule has 0 bridgehead atoms. The molecule has 3 aromatic rings. The molecule has 7 nitrogen and oxygen atoms in total. The smallest absolute Gasteiger partial charge is 0.257 e. The largest absolute Gasteiger partial charge is 0.352 e. The maximum Gasteiger partial charge on any atom is 0.257 e. The van der Waals surface area contributed by atoms with E-state index in [-0.39, 0.29) is 11.8 Å². The molecule has 0 radical (unpaired) electrons. The van der Waals surface area contributed by atoms with Gasteiger partial charge in [0.05, 0.1) is 29.3 Å². The van der Waals surface area contributed by atoms with E-state index >= 15 is 0 Å². The number of carbonyl (C=O) groups excluding carboxylic acids is 1. The first kappa shape index (κ1) is 19.4. The van der Waals surface area contributed by atoms with E-state index in [1.165, 1.54) is 0 Å². The summed E-state index contributed by atoms with van der Waals surface area (Å²) in [5.74, 6) is 1.01. The first-order chi connectivity index (χ1) is 14.0. The second kappa shape index (κ2) is 8.21. The van der Waals surface area contributed by atoms with Crippen LogP contribution in [0.25, 0.3) is 5.69 Å². The standard InChI is InChI=1S/C21H23ClN6O/c1-15(2)20-18(13-25-28(20)17-5-3-16(22)4-6-17)21(29)27-11-9-26(10-12-27)19-14-23-7-8-24-19/h3-8,13-15H,9-12H2,1-2H3. The fourth-order valence-corrected chi connectivity index (χ4v) is 3.76. The van der Waals surface area contributed by atoms with E-state index in [1.807, 2.05) is 33.8 Å². The third-order valence-corrected chi connectivity index (χ3v) is 5.35. The number of amides is 1. The van der Waals surface area contributed by atoms with Gasteiger partial charge in [0.1, 0.15) is 5.82 Å². The summed E-state index contributed by atoms with van der Waals surface area (Å²) >= 11 is 6.01. The van der Waals surface area contributed by atoms with Crippen molar-refractivity contribution in [3.05, 3.63) is 65.3 Å². The number of carbonyl (C=O) groups is 1. The van der Waals surface area contributed by atoms with Crippen LogP contribution in [0.1, 0.15) is 35.8 Å². The highest BCUT2D eigenvalue weighted by molar-refractivity contribution is 6.30. The average Bonchev–Trinajstić information content (AvgIpc) is 3.20. The lowest BCUT2D eigenvalue weighted by molar-refractivity contribution is 0.0745. The van der Waals surface area contributed by atoms with Crippen molar-refractivity contribution < 1.29 is 4.79 Å². The van der Waals surface area contributed by atoms with Gasteiger partial charge in [0, 0.05) is 43.6 Å². The Morgan fingerprint density at radius 3 is 2.38 bits per heavy atom. The Morgan fingerprint density at radius 2 is 1.76 bits per heavy atom. The van der Waals surface area contributed by atoms with E-state index in [1.54, 1.807) is 24.8 Å². The maximum absolute atomic E-state index is 13.3. The highest BCUT2D eigenvalue weighted by atomic mass is 35.5. The molecule has 0 N–H and O–H groups in total. The summed E-state index contributed by atoms with van der Waals surface area (Å²) in [5, 5.41) is 5.18. The Hall–Kier alpha value is -2.93. The maximum atomic E-state index is 13.3. The molecule has 1 aromatic carbocycles. The number of benzene rings is 1. The van der Waals surface area contributed by atoms with Crippen molar-refractivity contribution in [2.24, 2.45) is 0 Å². The van der Waals surface area contributed by atoms with Crippen LogP contribution in [0, 0.1) is 0 Å². The molecular formula is C21H23ClN6O. The second-order valence-corrected chi connectivity index (χ2v) is 7.77. The van der Waals surface area contributed by atoms with E-state index in [9.17, 15) is 4.79 Å². The third-order valence-electron chi connectivity index (χ3n) is 5.10. The van der Waals surface area contributed by atoms with Gasteiger partial charge in [0.15, 0.2) is 0 Å². The summed E-state index contributed by atoms with van der Waals surface area (Å²) in [6, 6.07) is 7.48. The molecule has 0 unspecified atom stereocenters. The Kier molecular flexibility index (Phi) is 5.49. The normalized spacial score (nSPS) is 14.5. The van der Waals surface area contributed by atoms with Crippen molar-refractivity contribution in [1.82, 2.24) is 24.6 Å². The average molecular weight is 411 g/mol. The molecule has 0 atom stereocenters.